The highest BCUT2D eigenvalue weighted by atomic mass is 16.6. The third-order valence-electron chi connectivity index (χ3n) is 9.74. The molecule has 2 saturated heterocycles. The van der Waals surface area contributed by atoms with Crippen molar-refractivity contribution in [2.75, 3.05) is 20.3 Å². The van der Waals surface area contributed by atoms with Crippen LogP contribution in [-0.2, 0) is 38.1 Å². The average molecular weight is 608 g/mol. The third-order valence-corrected chi connectivity index (χ3v) is 9.74. The van der Waals surface area contributed by atoms with Crippen molar-refractivity contribution in [1.29, 1.82) is 0 Å². The molecule has 0 aromatic carbocycles. The monoisotopic (exact) mass is 607 g/mol. The normalized spacial score (nSPS) is 42.0. The Bertz CT molecular complexity index is 1340. The molecule has 2 aliphatic heterocycles. The van der Waals surface area contributed by atoms with Gasteiger partial charge < -0.3 is 49.8 Å². The number of esters is 2. The number of aliphatic hydroxyl groups is 5. The summed E-state index contributed by atoms with van der Waals surface area (Å²) in [5.41, 5.74) is -2.54. The summed E-state index contributed by atoms with van der Waals surface area (Å²) in [6.07, 6.45) is -6.74. The SMILES string of the molecule is COC[C@H]1OC(=O)/C(=C\N[C@H]2C(O)O[C@H](CO)[C@@H](O)[C@@H]2O)C2=C(O)C(=O)C3=C([C@H](OC(C)=O)C[C@]4(C)C(=O)CC[C@@H]34)[C@]21C. The van der Waals surface area contributed by atoms with Gasteiger partial charge in [-0.25, -0.2) is 4.79 Å². The highest BCUT2D eigenvalue weighted by molar-refractivity contribution is 6.14. The van der Waals surface area contributed by atoms with Gasteiger partial charge in [0.05, 0.1) is 24.2 Å². The number of carbonyl (C=O) groups is 4. The van der Waals surface area contributed by atoms with E-state index < -0.39 is 89.7 Å². The minimum Gasteiger partial charge on any atom is -0.504 e. The van der Waals surface area contributed by atoms with Crippen molar-refractivity contribution in [3.05, 3.63) is 34.3 Å². The zero-order valence-electron chi connectivity index (χ0n) is 24.2. The number of carbonyl (C=O) groups excluding carboxylic acids is 4. The van der Waals surface area contributed by atoms with E-state index in [4.69, 9.17) is 18.9 Å². The van der Waals surface area contributed by atoms with Gasteiger partial charge >= 0.3 is 11.9 Å². The average Bonchev–Trinajstić information content (AvgIpc) is 3.24. The van der Waals surface area contributed by atoms with E-state index in [1.165, 1.54) is 14.0 Å². The molecule has 1 unspecified atom stereocenters. The van der Waals surface area contributed by atoms with Crippen molar-refractivity contribution in [1.82, 2.24) is 5.32 Å². The van der Waals surface area contributed by atoms with E-state index in [0.29, 0.717) is 12.0 Å². The second kappa shape index (κ2) is 11.1. The van der Waals surface area contributed by atoms with Gasteiger partial charge in [0.1, 0.15) is 42.3 Å². The fourth-order valence-corrected chi connectivity index (χ4v) is 7.55. The molecule has 14 nitrogen and oxygen atoms in total. The molecule has 0 radical (unpaired) electrons. The van der Waals surface area contributed by atoms with Gasteiger partial charge in [-0.1, -0.05) is 6.92 Å². The Morgan fingerprint density at radius 1 is 1.16 bits per heavy atom. The minimum atomic E-state index is -1.73. The first-order valence-corrected chi connectivity index (χ1v) is 14.1. The molecule has 5 rings (SSSR count). The van der Waals surface area contributed by atoms with Crippen molar-refractivity contribution in [3.63, 3.8) is 0 Å². The lowest BCUT2D eigenvalue weighted by Gasteiger charge is -2.53. The van der Waals surface area contributed by atoms with Crippen LogP contribution in [-0.4, -0.2) is 112 Å². The Morgan fingerprint density at radius 3 is 2.49 bits per heavy atom. The Kier molecular flexibility index (Phi) is 8.07. The first kappa shape index (κ1) is 31.3. The molecule has 3 aliphatic carbocycles. The summed E-state index contributed by atoms with van der Waals surface area (Å²) in [6, 6.07) is -1.40. The second-order valence-corrected chi connectivity index (χ2v) is 12.1. The number of nitrogens with one attached hydrogen (secondary N) is 1. The Morgan fingerprint density at radius 2 is 1.86 bits per heavy atom. The van der Waals surface area contributed by atoms with E-state index >= 15 is 0 Å². The molecule has 43 heavy (non-hydrogen) atoms. The zero-order valence-corrected chi connectivity index (χ0v) is 24.2. The smallest absolute Gasteiger partial charge is 0.340 e. The summed E-state index contributed by atoms with van der Waals surface area (Å²) in [5.74, 6) is -3.87. The van der Waals surface area contributed by atoms with Gasteiger partial charge in [-0.15, -0.1) is 0 Å². The van der Waals surface area contributed by atoms with Crippen LogP contribution in [0.1, 0.15) is 40.0 Å². The largest absolute Gasteiger partial charge is 0.504 e. The minimum absolute atomic E-state index is 0.0818. The molecule has 1 saturated carbocycles. The molecule has 0 spiro atoms. The molecule has 10 atom stereocenters. The maximum atomic E-state index is 14.0. The van der Waals surface area contributed by atoms with Crippen LogP contribution in [0.3, 0.4) is 0 Å². The van der Waals surface area contributed by atoms with Crippen LogP contribution in [0.25, 0.3) is 0 Å². The molecule has 0 amide bonds. The molecular weight excluding hydrogens is 570 g/mol. The number of cyclic esters (lactones) is 1. The lowest BCUT2D eigenvalue weighted by molar-refractivity contribution is -0.252. The lowest BCUT2D eigenvalue weighted by atomic mass is 9.53. The molecule has 2 heterocycles. The standard InChI is InChI=1S/C29H37NO13/c1-11(32)41-14-7-28(2)13(5-6-16(28)33)18-20(14)29(3)17(10-40-4)43-26(38)12(19(29)24(36)23(18)35)8-30-21-25(37)22(34)15(9-31)42-27(21)39/h8,13-15,17,21-22,25,27,30-31,34,36-37,39H,5-7,9-10H2,1-4H3/b12-8-/t13-,14+,15+,17+,21+,22+,25+,27?,28-,29-/m0/s1. The highest BCUT2D eigenvalue weighted by Crippen LogP contribution is 2.62. The molecule has 0 aromatic heterocycles. The second-order valence-electron chi connectivity index (χ2n) is 12.1. The number of fused-ring (bicyclic) bond motifs is 4. The van der Waals surface area contributed by atoms with Crippen LogP contribution in [0.2, 0.25) is 0 Å². The first-order valence-electron chi connectivity index (χ1n) is 14.1. The maximum Gasteiger partial charge on any atom is 0.340 e. The van der Waals surface area contributed by atoms with E-state index in [-0.39, 0.29) is 42.0 Å². The van der Waals surface area contributed by atoms with Crippen molar-refractivity contribution >= 4 is 23.5 Å². The van der Waals surface area contributed by atoms with Gasteiger partial charge in [0.15, 0.2) is 12.0 Å². The molecule has 3 fully saturated rings. The lowest BCUT2D eigenvalue weighted by Crippen LogP contribution is -2.62. The van der Waals surface area contributed by atoms with E-state index in [2.05, 4.69) is 5.32 Å². The molecule has 0 aromatic rings. The van der Waals surface area contributed by atoms with Crippen molar-refractivity contribution in [2.24, 2.45) is 16.7 Å². The molecule has 0 bridgehead atoms. The van der Waals surface area contributed by atoms with Crippen LogP contribution < -0.4 is 5.32 Å². The van der Waals surface area contributed by atoms with E-state index in [9.17, 15) is 44.7 Å². The summed E-state index contributed by atoms with van der Waals surface area (Å²) >= 11 is 0. The summed E-state index contributed by atoms with van der Waals surface area (Å²) < 4.78 is 22.1. The molecule has 5 aliphatic rings. The van der Waals surface area contributed by atoms with Gasteiger partial charge in [-0.05, 0) is 18.9 Å². The van der Waals surface area contributed by atoms with Crippen molar-refractivity contribution in [2.45, 2.75) is 82.9 Å². The molecule has 6 N–H and O–H groups in total. The third kappa shape index (κ3) is 4.62. The van der Waals surface area contributed by atoms with Gasteiger partial charge in [-0.3, -0.25) is 14.4 Å². The van der Waals surface area contributed by atoms with Crippen LogP contribution in [0.4, 0.5) is 0 Å². The topological polar surface area (TPSA) is 218 Å². The number of hydrogen-bond acceptors (Lipinski definition) is 14. The zero-order chi connectivity index (χ0) is 31.6. The number of hydrogen-bond donors (Lipinski definition) is 6. The van der Waals surface area contributed by atoms with Gasteiger partial charge in [0, 0.05) is 55.6 Å². The van der Waals surface area contributed by atoms with Gasteiger partial charge in [-0.2, -0.15) is 0 Å². The van der Waals surface area contributed by atoms with Crippen molar-refractivity contribution < 1.29 is 63.7 Å². The van der Waals surface area contributed by atoms with Crippen LogP contribution in [0.15, 0.2) is 34.3 Å². The Hall–Kier alpha value is -3.14. The van der Waals surface area contributed by atoms with E-state index in [1.54, 1.807) is 13.8 Å². The molecule has 14 heteroatoms. The van der Waals surface area contributed by atoms with Crippen LogP contribution in [0, 0.1) is 16.7 Å². The number of rotatable bonds is 6. The number of Topliss-reactive ketones (excluding diaryl/α,β-unsaturated/α-hetero) is 2. The van der Waals surface area contributed by atoms with Crippen molar-refractivity contribution in [3.8, 4) is 0 Å². The maximum absolute atomic E-state index is 14.0. The summed E-state index contributed by atoms with van der Waals surface area (Å²) in [5, 5.41) is 54.8. The number of methoxy groups -OCH3 is 1. The van der Waals surface area contributed by atoms with Crippen LogP contribution in [0.5, 0.6) is 0 Å². The highest BCUT2D eigenvalue weighted by Gasteiger charge is 2.64. The number of allylic oxidation sites excluding steroid dienone is 1. The number of aliphatic hydroxyl groups excluding tert-OH is 5. The number of ether oxygens (including phenoxy) is 4. The van der Waals surface area contributed by atoms with E-state index in [1.807, 2.05) is 0 Å². The fourth-order valence-electron chi connectivity index (χ4n) is 7.55. The predicted octanol–water partition coefficient (Wildman–Crippen LogP) is -1.15. The number of ketones is 2. The molecular formula is C29H37NO13. The summed E-state index contributed by atoms with van der Waals surface area (Å²) in [7, 11) is 1.38. The van der Waals surface area contributed by atoms with Crippen LogP contribution >= 0.6 is 0 Å². The quantitative estimate of drug-likeness (QED) is 0.155. The summed E-state index contributed by atoms with van der Waals surface area (Å²) in [6.45, 7) is 3.71. The Labute approximate surface area is 246 Å². The first-order chi connectivity index (χ1) is 20.2. The molecule has 236 valence electrons. The predicted molar refractivity (Wildman–Crippen MR) is 143 cm³/mol. The van der Waals surface area contributed by atoms with Gasteiger partial charge in [0.2, 0.25) is 5.78 Å². The van der Waals surface area contributed by atoms with Gasteiger partial charge in [0.25, 0.3) is 0 Å². The Balaban J connectivity index is 1.66. The summed E-state index contributed by atoms with van der Waals surface area (Å²) in [4.78, 5) is 52.8. The van der Waals surface area contributed by atoms with E-state index in [0.717, 1.165) is 6.20 Å². The fraction of sp³-hybridized carbons (Fsp3) is 0.655.